The predicted octanol–water partition coefficient (Wildman–Crippen LogP) is 2.00. The Morgan fingerprint density at radius 3 is 2.77 bits per heavy atom. The summed E-state index contributed by atoms with van der Waals surface area (Å²) >= 11 is 0. The van der Waals surface area contributed by atoms with E-state index in [9.17, 15) is 0 Å². The first-order valence-corrected chi connectivity index (χ1v) is 5.39. The smallest absolute Gasteiger partial charge is 0.0593 e. The lowest BCUT2D eigenvalue weighted by molar-refractivity contribution is 0.120. The maximum Gasteiger partial charge on any atom is 0.0593 e. The largest absolute Gasteiger partial charge is 0.380 e. The summed E-state index contributed by atoms with van der Waals surface area (Å²) in [6, 6.07) is 0.711. The molecule has 2 nitrogen and oxygen atoms in total. The second-order valence-electron chi connectivity index (χ2n) is 4.73. The minimum atomic E-state index is 0.676. The summed E-state index contributed by atoms with van der Waals surface area (Å²) in [5.74, 6) is 1.46. The molecule has 0 bridgehead atoms. The van der Waals surface area contributed by atoms with Crippen LogP contribution in [-0.2, 0) is 4.74 Å². The lowest BCUT2D eigenvalue weighted by Gasteiger charge is -2.30. The molecule has 1 aliphatic heterocycles. The fraction of sp³-hybridized carbons (Fsp3) is 1.00. The molecule has 0 radical (unpaired) electrons. The molecular formula is C11H23NO. The van der Waals surface area contributed by atoms with Crippen LogP contribution in [0.3, 0.4) is 0 Å². The molecule has 2 unspecified atom stereocenters. The van der Waals surface area contributed by atoms with E-state index < -0.39 is 0 Å². The Kier molecular flexibility index (Phi) is 4.20. The quantitative estimate of drug-likeness (QED) is 0.652. The molecule has 13 heavy (non-hydrogen) atoms. The summed E-state index contributed by atoms with van der Waals surface area (Å²) in [5.41, 5.74) is 0. The summed E-state index contributed by atoms with van der Waals surface area (Å²) in [4.78, 5) is 2.46. The second-order valence-corrected chi connectivity index (χ2v) is 4.73. The van der Waals surface area contributed by atoms with Gasteiger partial charge in [0.1, 0.15) is 0 Å². The van der Waals surface area contributed by atoms with E-state index in [0.29, 0.717) is 12.0 Å². The zero-order chi connectivity index (χ0) is 9.84. The number of likely N-dealkylation sites (N-methyl/N-ethyl adjacent to an activating group) is 1. The van der Waals surface area contributed by atoms with Crippen LogP contribution in [0.1, 0.15) is 27.2 Å². The highest BCUT2D eigenvalue weighted by Gasteiger charge is 2.25. The molecule has 0 saturated carbocycles. The van der Waals surface area contributed by atoms with Crippen LogP contribution in [-0.4, -0.2) is 37.7 Å². The molecule has 0 aliphatic carbocycles. The fourth-order valence-corrected chi connectivity index (χ4v) is 2.08. The molecule has 1 fully saturated rings. The summed E-state index contributed by atoms with van der Waals surface area (Å²) in [6.45, 7) is 9.81. The highest BCUT2D eigenvalue weighted by molar-refractivity contribution is 4.78. The lowest BCUT2D eigenvalue weighted by Crippen LogP contribution is -2.38. The number of hydrogen-bond acceptors (Lipinski definition) is 2. The van der Waals surface area contributed by atoms with Gasteiger partial charge in [-0.2, -0.15) is 0 Å². The van der Waals surface area contributed by atoms with Crippen LogP contribution in [0, 0.1) is 11.8 Å². The molecule has 0 aromatic heterocycles. The van der Waals surface area contributed by atoms with Crippen molar-refractivity contribution >= 4 is 0 Å². The third-order valence-corrected chi connectivity index (χ3v) is 2.90. The highest BCUT2D eigenvalue weighted by Crippen LogP contribution is 2.20. The van der Waals surface area contributed by atoms with Gasteiger partial charge < -0.3 is 9.64 Å². The molecular weight excluding hydrogens is 162 g/mol. The van der Waals surface area contributed by atoms with Gasteiger partial charge in [-0.1, -0.05) is 20.8 Å². The molecule has 2 atom stereocenters. The van der Waals surface area contributed by atoms with Gasteiger partial charge in [-0.15, -0.1) is 0 Å². The molecule has 0 amide bonds. The van der Waals surface area contributed by atoms with Gasteiger partial charge in [-0.3, -0.25) is 0 Å². The van der Waals surface area contributed by atoms with Crippen LogP contribution in [0.4, 0.5) is 0 Å². The molecule has 1 heterocycles. The SMILES string of the molecule is CC(C)CC1C(C)COCCN1C. The lowest BCUT2D eigenvalue weighted by atomic mass is 9.93. The maximum absolute atomic E-state index is 5.55. The van der Waals surface area contributed by atoms with Crippen molar-refractivity contribution in [1.29, 1.82) is 0 Å². The summed E-state index contributed by atoms with van der Waals surface area (Å²) in [7, 11) is 2.22. The van der Waals surface area contributed by atoms with Crippen LogP contribution < -0.4 is 0 Å². The van der Waals surface area contributed by atoms with Gasteiger partial charge in [0.05, 0.1) is 13.2 Å². The van der Waals surface area contributed by atoms with E-state index in [2.05, 4.69) is 32.7 Å². The first-order valence-electron chi connectivity index (χ1n) is 5.39. The van der Waals surface area contributed by atoms with Crippen molar-refractivity contribution in [1.82, 2.24) is 4.90 Å². The van der Waals surface area contributed by atoms with Crippen molar-refractivity contribution in [2.24, 2.45) is 11.8 Å². The van der Waals surface area contributed by atoms with E-state index in [4.69, 9.17) is 4.74 Å². The molecule has 78 valence electrons. The number of ether oxygens (including phenoxy) is 1. The third-order valence-electron chi connectivity index (χ3n) is 2.90. The van der Waals surface area contributed by atoms with E-state index >= 15 is 0 Å². The summed E-state index contributed by atoms with van der Waals surface area (Å²) in [6.07, 6.45) is 1.29. The van der Waals surface area contributed by atoms with Gasteiger partial charge in [0.15, 0.2) is 0 Å². The molecule has 0 spiro atoms. The topological polar surface area (TPSA) is 12.5 Å². The van der Waals surface area contributed by atoms with E-state index in [1.807, 2.05) is 0 Å². The second kappa shape index (κ2) is 4.97. The molecule has 0 aromatic carbocycles. The normalized spacial score (nSPS) is 32.1. The van der Waals surface area contributed by atoms with Gasteiger partial charge in [-0.25, -0.2) is 0 Å². The van der Waals surface area contributed by atoms with Crippen LogP contribution in [0.25, 0.3) is 0 Å². The molecule has 0 aromatic rings. The van der Waals surface area contributed by atoms with E-state index in [0.717, 1.165) is 25.7 Å². The van der Waals surface area contributed by atoms with Crippen molar-refractivity contribution < 1.29 is 4.74 Å². The van der Waals surface area contributed by atoms with Gasteiger partial charge in [0, 0.05) is 12.6 Å². The average molecular weight is 185 g/mol. The molecule has 0 N–H and O–H groups in total. The Balaban J connectivity index is 2.52. The Morgan fingerprint density at radius 1 is 1.46 bits per heavy atom. The van der Waals surface area contributed by atoms with Gasteiger partial charge >= 0.3 is 0 Å². The molecule has 1 saturated heterocycles. The van der Waals surface area contributed by atoms with Crippen LogP contribution in [0.2, 0.25) is 0 Å². The Hall–Kier alpha value is -0.0800. The maximum atomic E-state index is 5.55. The van der Waals surface area contributed by atoms with E-state index in [1.54, 1.807) is 0 Å². The number of hydrogen-bond donors (Lipinski definition) is 0. The van der Waals surface area contributed by atoms with Crippen LogP contribution in [0.15, 0.2) is 0 Å². The average Bonchev–Trinajstić information content (AvgIpc) is 2.18. The fourth-order valence-electron chi connectivity index (χ4n) is 2.08. The highest BCUT2D eigenvalue weighted by atomic mass is 16.5. The molecule has 1 aliphatic rings. The van der Waals surface area contributed by atoms with Crippen molar-refractivity contribution in [2.45, 2.75) is 33.2 Å². The standard InChI is InChI=1S/C11H23NO/c1-9(2)7-11-10(3)8-13-6-5-12(11)4/h9-11H,5-8H2,1-4H3. The molecule has 2 heteroatoms. The Bertz CT molecular complexity index is 135. The third kappa shape index (κ3) is 3.28. The molecule has 1 rings (SSSR count). The first kappa shape index (κ1) is 11.0. The van der Waals surface area contributed by atoms with Crippen molar-refractivity contribution in [3.05, 3.63) is 0 Å². The van der Waals surface area contributed by atoms with Crippen molar-refractivity contribution in [3.8, 4) is 0 Å². The summed E-state index contributed by atoms with van der Waals surface area (Å²) < 4.78 is 5.55. The monoisotopic (exact) mass is 185 g/mol. The Morgan fingerprint density at radius 2 is 2.15 bits per heavy atom. The minimum absolute atomic E-state index is 0.676. The van der Waals surface area contributed by atoms with Crippen LogP contribution >= 0.6 is 0 Å². The first-order chi connectivity index (χ1) is 6.11. The number of rotatable bonds is 2. The van der Waals surface area contributed by atoms with E-state index in [1.165, 1.54) is 6.42 Å². The van der Waals surface area contributed by atoms with Gasteiger partial charge in [-0.05, 0) is 25.3 Å². The van der Waals surface area contributed by atoms with E-state index in [-0.39, 0.29) is 0 Å². The predicted molar refractivity (Wildman–Crippen MR) is 55.9 cm³/mol. The summed E-state index contributed by atoms with van der Waals surface area (Å²) in [5, 5.41) is 0. The van der Waals surface area contributed by atoms with Gasteiger partial charge in [0.25, 0.3) is 0 Å². The van der Waals surface area contributed by atoms with Crippen molar-refractivity contribution in [3.63, 3.8) is 0 Å². The minimum Gasteiger partial charge on any atom is -0.380 e. The van der Waals surface area contributed by atoms with Gasteiger partial charge in [0.2, 0.25) is 0 Å². The van der Waals surface area contributed by atoms with Crippen LogP contribution in [0.5, 0.6) is 0 Å². The zero-order valence-electron chi connectivity index (χ0n) is 9.42. The Labute approximate surface area is 82.3 Å². The number of nitrogens with zero attached hydrogens (tertiary/aromatic N) is 1. The van der Waals surface area contributed by atoms with Crippen molar-refractivity contribution in [2.75, 3.05) is 26.8 Å². The zero-order valence-corrected chi connectivity index (χ0v) is 9.42.